The van der Waals surface area contributed by atoms with Crippen LogP contribution >= 0.6 is 0 Å². The van der Waals surface area contributed by atoms with Crippen molar-refractivity contribution in [3.63, 3.8) is 0 Å². The second kappa shape index (κ2) is 8.11. The van der Waals surface area contributed by atoms with Crippen molar-refractivity contribution in [3.8, 4) is 6.07 Å². The molecule has 2 unspecified atom stereocenters. The van der Waals surface area contributed by atoms with Crippen LogP contribution in [-0.2, 0) is 16.6 Å². The summed E-state index contributed by atoms with van der Waals surface area (Å²) in [6.45, 7) is 7.53. The highest BCUT2D eigenvalue weighted by Gasteiger charge is 2.34. The second-order valence-corrected chi connectivity index (χ2v) is 9.19. The molecule has 0 amide bonds. The third-order valence-corrected chi connectivity index (χ3v) is 7.07. The summed E-state index contributed by atoms with van der Waals surface area (Å²) in [5.41, 5.74) is 1.80. The predicted octanol–water partition coefficient (Wildman–Crippen LogP) is 2.49. The topological polar surface area (TPSA) is 73.2 Å². The van der Waals surface area contributed by atoms with Gasteiger partial charge in [0, 0.05) is 25.7 Å². The minimum Gasteiger partial charge on any atom is -0.310 e. The summed E-state index contributed by atoms with van der Waals surface area (Å²) >= 11 is 0. The molecule has 0 bridgehead atoms. The number of sulfonamides is 1. The third kappa shape index (κ3) is 4.35. The van der Waals surface area contributed by atoms with Crippen LogP contribution in [-0.4, -0.2) is 37.1 Å². The van der Waals surface area contributed by atoms with E-state index in [-0.39, 0.29) is 5.25 Å². The zero-order valence-electron chi connectivity index (χ0n) is 14.7. The lowest BCUT2D eigenvalue weighted by atomic mass is 9.91. The monoisotopic (exact) mass is 349 g/mol. The normalized spacial score (nSPS) is 22.5. The van der Waals surface area contributed by atoms with Crippen LogP contribution in [0.5, 0.6) is 0 Å². The summed E-state index contributed by atoms with van der Waals surface area (Å²) in [4.78, 5) is 0. The summed E-state index contributed by atoms with van der Waals surface area (Å²) in [6, 6.07) is 10.0. The molecule has 2 atom stereocenters. The van der Waals surface area contributed by atoms with Crippen molar-refractivity contribution >= 4 is 10.0 Å². The van der Waals surface area contributed by atoms with Gasteiger partial charge in [0.1, 0.15) is 0 Å². The molecule has 1 aliphatic rings. The van der Waals surface area contributed by atoms with Crippen molar-refractivity contribution in [2.75, 3.05) is 13.1 Å². The maximum atomic E-state index is 12.4. The van der Waals surface area contributed by atoms with Crippen LogP contribution in [0, 0.1) is 17.2 Å². The Labute approximate surface area is 145 Å². The van der Waals surface area contributed by atoms with Gasteiger partial charge in [0.25, 0.3) is 0 Å². The number of nitriles is 1. The van der Waals surface area contributed by atoms with Gasteiger partial charge in [-0.05, 0) is 43.9 Å². The van der Waals surface area contributed by atoms with Gasteiger partial charge >= 0.3 is 0 Å². The Morgan fingerprint density at radius 3 is 2.54 bits per heavy atom. The number of hydrogen-bond donors (Lipinski definition) is 1. The first-order chi connectivity index (χ1) is 11.4. The van der Waals surface area contributed by atoms with Gasteiger partial charge in [-0.2, -0.15) is 5.26 Å². The quantitative estimate of drug-likeness (QED) is 0.856. The van der Waals surface area contributed by atoms with Crippen molar-refractivity contribution < 1.29 is 8.42 Å². The van der Waals surface area contributed by atoms with Crippen molar-refractivity contribution in [1.82, 2.24) is 9.62 Å². The fourth-order valence-corrected chi connectivity index (χ4v) is 4.51. The Kier molecular flexibility index (Phi) is 6.39. The van der Waals surface area contributed by atoms with E-state index in [2.05, 4.69) is 18.3 Å². The third-order valence-electron chi connectivity index (χ3n) is 4.83. The molecule has 1 aromatic carbocycles. The molecule has 132 valence electrons. The van der Waals surface area contributed by atoms with Gasteiger partial charge in [0.2, 0.25) is 10.0 Å². The molecule has 5 nitrogen and oxygen atoms in total. The molecule has 2 rings (SSSR count). The smallest absolute Gasteiger partial charge is 0.216 e. The fourth-order valence-electron chi connectivity index (χ4n) is 3.16. The summed E-state index contributed by atoms with van der Waals surface area (Å²) in [7, 11) is -3.17. The van der Waals surface area contributed by atoms with Gasteiger partial charge in [-0.25, -0.2) is 12.7 Å². The van der Waals surface area contributed by atoms with Crippen molar-refractivity contribution in [3.05, 3.63) is 35.4 Å². The van der Waals surface area contributed by atoms with Gasteiger partial charge in [-0.3, -0.25) is 0 Å². The molecule has 0 radical (unpaired) electrons. The van der Waals surface area contributed by atoms with E-state index in [0.717, 1.165) is 24.9 Å². The second-order valence-electron chi connectivity index (χ2n) is 6.70. The molecule has 1 N–H and O–H groups in total. The highest BCUT2D eigenvalue weighted by Crippen LogP contribution is 2.24. The number of benzene rings is 1. The average Bonchev–Trinajstić information content (AvgIpc) is 2.60. The molecule has 1 aliphatic heterocycles. The van der Waals surface area contributed by atoms with E-state index in [9.17, 15) is 8.42 Å². The van der Waals surface area contributed by atoms with E-state index in [4.69, 9.17) is 5.26 Å². The summed E-state index contributed by atoms with van der Waals surface area (Å²) in [6.07, 6.45) is 1.79. The number of nitrogens with zero attached hydrogens (tertiary/aromatic N) is 2. The van der Waals surface area contributed by atoms with Gasteiger partial charge in [-0.15, -0.1) is 0 Å². The van der Waals surface area contributed by atoms with Crippen LogP contribution in [0.1, 0.15) is 44.7 Å². The van der Waals surface area contributed by atoms with E-state index < -0.39 is 10.0 Å². The highest BCUT2D eigenvalue weighted by molar-refractivity contribution is 7.89. The minimum atomic E-state index is -3.17. The van der Waals surface area contributed by atoms with Crippen LogP contribution in [0.4, 0.5) is 0 Å². The number of hydrogen-bond acceptors (Lipinski definition) is 4. The lowest BCUT2D eigenvalue weighted by Gasteiger charge is -2.38. The maximum absolute atomic E-state index is 12.4. The Hall–Kier alpha value is -1.42. The van der Waals surface area contributed by atoms with Gasteiger partial charge in [0.05, 0.1) is 16.9 Å². The van der Waals surface area contributed by atoms with Crippen molar-refractivity contribution in [2.24, 2.45) is 5.92 Å². The zero-order valence-corrected chi connectivity index (χ0v) is 15.5. The van der Waals surface area contributed by atoms with E-state index in [1.807, 2.05) is 24.3 Å². The number of nitrogens with one attached hydrogen (secondary N) is 1. The average molecular weight is 350 g/mol. The molecule has 1 heterocycles. The predicted molar refractivity (Wildman–Crippen MR) is 95.8 cm³/mol. The number of rotatable bonds is 6. The zero-order chi connectivity index (χ0) is 17.7. The Morgan fingerprint density at radius 1 is 1.33 bits per heavy atom. The fraction of sp³-hybridized carbons (Fsp3) is 0.611. The van der Waals surface area contributed by atoms with Crippen LogP contribution in [0.25, 0.3) is 0 Å². The van der Waals surface area contributed by atoms with E-state index >= 15 is 0 Å². The largest absolute Gasteiger partial charge is 0.310 e. The molecule has 1 aromatic rings. The molecule has 0 aliphatic carbocycles. The van der Waals surface area contributed by atoms with Gasteiger partial charge in [0.15, 0.2) is 0 Å². The Morgan fingerprint density at radius 2 is 2.00 bits per heavy atom. The van der Waals surface area contributed by atoms with Gasteiger partial charge < -0.3 is 5.32 Å². The molecular weight excluding hydrogens is 322 g/mol. The molecule has 6 heteroatoms. The summed E-state index contributed by atoms with van der Waals surface area (Å²) in [5.74, 6) is 0.325. The standard InChI is InChI=1S/C18H27N3O2S/c1-4-17-13-21(24(22,23)14(2)3)10-9-18(17)20-12-16-7-5-15(11-19)6-8-16/h5-8,14,17-18,20H,4,9-10,12-13H2,1-3H3. The lowest BCUT2D eigenvalue weighted by Crippen LogP contribution is -2.51. The Bertz CT molecular complexity index is 677. The molecule has 0 saturated carbocycles. The summed E-state index contributed by atoms with van der Waals surface area (Å²) < 4.78 is 26.4. The molecule has 0 spiro atoms. The molecule has 1 saturated heterocycles. The molecular formula is C18H27N3O2S. The van der Waals surface area contributed by atoms with Crippen LogP contribution in [0.2, 0.25) is 0 Å². The highest BCUT2D eigenvalue weighted by atomic mass is 32.2. The first-order valence-electron chi connectivity index (χ1n) is 8.59. The van der Waals surface area contributed by atoms with Crippen molar-refractivity contribution in [2.45, 2.75) is 51.4 Å². The van der Waals surface area contributed by atoms with Crippen LogP contribution < -0.4 is 5.32 Å². The van der Waals surface area contributed by atoms with Gasteiger partial charge in [-0.1, -0.05) is 25.5 Å². The maximum Gasteiger partial charge on any atom is 0.216 e. The SMILES string of the molecule is CCC1CN(S(=O)(=O)C(C)C)CCC1NCc1ccc(C#N)cc1. The Balaban J connectivity index is 1.96. The first-order valence-corrected chi connectivity index (χ1v) is 10.1. The molecule has 1 fully saturated rings. The first kappa shape index (κ1) is 18.9. The summed E-state index contributed by atoms with van der Waals surface area (Å²) in [5, 5.41) is 12.0. The lowest BCUT2D eigenvalue weighted by molar-refractivity contribution is 0.200. The molecule has 24 heavy (non-hydrogen) atoms. The van der Waals surface area contributed by atoms with Crippen LogP contribution in [0.3, 0.4) is 0 Å². The number of piperidine rings is 1. The molecule has 0 aromatic heterocycles. The minimum absolute atomic E-state index is 0.323. The van der Waals surface area contributed by atoms with E-state index in [1.54, 1.807) is 18.2 Å². The van der Waals surface area contributed by atoms with E-state index in [1.165, 1.54) is 0 Å². The van der Waals surface area contributed by atoms with E-state index in [0.29, 0.717) is 30.6 Å². The van der Waals surface area contributed by atoms with Crippen LogP contribution in [0.15, 0.2) is 24.3 Å². The van der Waals surface area contributed by atoms with Crippen molar-refractivity contribution in [1.29, 1.82) is 5.26 Å².